The largest absolute Gasteiger partial charge is 0.465 e. The molecule has 0 aliphatic carbocycles. The van der Waals surface area contributed by atoms with Crippen LogP contribution >= 0.6 is 0 Å². The second kappa shape index (κ2) is 6.56. The number of methoxy groups -OCH3 is 1. The van der Waals surface area contributed by atoms with Gasteiger partial charge < -0.3 is 14.8 Å². The molecule has 0 radical (unpaired) electrons. The van der Waals surface area contributed by atoms with Crippen molar-refractivity contribution in [3.8, 4) is 11.5 Å². The maximum atomic E-state index is 11.3. The van der Waals surface area contributed by atoms with Gasteiger partial charge in [0.05, 0.1) is 12.7 Å². The van der Waals surface area contributed by atoms with Gasteiger partial charge in [0.2, 0.25) is 5.91 Å². The van der Waals surface area contributed by atoms with Gasteiger partial charge in [0.1, 0.15) is 11.5 Å². The van der Waals surface area contributed by atoms with Crippen LogP contribution in [0.2, 0.25) is 0 Å². The van der Waals surface area contributed by atoms with Gasteiger partial charge in [-0.2, -0.15) is 0 Å². The second-order valence-electron chi connectivity index (χ2n) is 4.33. The summed E-state index contributed by atoms with van der Waals surface area (Å²) >= 11 is 0. The Balaban J connectivity index is 2.11. The molecule has 5 nitrogen and oxygen atoms in total. The van der Waals surface area contributed by atoms with Gasteiger partial charge in [-0.15, -0.1) is 0 Å². The number of benzene rings is 2. The van der Waals surface area contributed by atoms with Crippen molar-refractivity contribution in [2.45, 2.75) is 6.92 Å². The van der Waals surface area contributed by atoms with Gasteiger partial charge in [-0.3, -0.25) is 4.79 Å². The molecular formula is C16H15NO4. The van der Waals surface area contributed by atoms with E-state index in [0.29, 0.717) is 22.7 Å². The van der Waals surface area contributed by atoms with Crippen LogP contribution in [0, 0.1) is 0 Å². The molecule has 0 atom stereocenters. The molecular weight excluding hydrogens is 270 g/mol. The van der Waals surface area contributed by atoms with E-state index in [1.54, 1.807) is 48.5 Å². The monoisotopic (exact) mass is 285 g/mol. The summed E-state index contributed by atoms with van der Waals surface area (Å²) in [5.74, 6) is 0.637. The lowest BCUT2D eigenvalue weighted by Crippen LogP contribution is -2.05. The zero-order valence-electron chi connectivity index (χ0n) is 11.8. The molecule has 5 heteroatoms. The molecule has 1 amide bonds. The van der Waals surface area contributed by atoms with E-state index >= 15 is 0 Å². The highest BCUT2D eigenvalue weighted by Crippen LogP contribution is 2.24. The van der Waals surface area contributed by atoms with Gasteiger partial charge in [-0.25, -0.2) is 4.79 Å². The zero-order chi connectivity index (χ0) is 15.2. The number of carbonyl (C=O) groups excluding carboxylic acids is 2. The van der Waals surface area contributed by atoms with Gasteiger partial charge in [0.25, 0.3) is 0 Å². The lowest BCUT2D eigenvalue weighted by atomic mass is 10.2. The predicted octanol–water partition coefficient (Wildman–Crippen LogP) is 3.22. The van der Waals surface area contributed by atoms with E-state index in [2.05, 4.69) is 10.1 Å². The highest BCUT2D eigenvalue weighted by atomic mass is 16.5. The van der Waals surface area contributed by atoms with Crippen LogP contribution in [0.4, 0.5) is 5.69 Å². The van der Waals surface area contributed by atoms with Crippen LogP contribution in [-0.2, 0) is 9.53 Å². The Bertz CT molecular complexity index is 650. The number of hydrogen-bond donors (Lipinski definition) is 1. The van der Waals surface area contributed by atoms with Crippen LogP contribution in [0.25, 0.3) is 0 Å². The van der Waals surface area contributed by atoms with Gasteiger partial charge in [0.15, 0.2) is 0 Å². The van der Waals surface area contributed by atoms with Crippen molar-refractivity contribution in [3.63, 3.8) is 0 Å². The summed E-state index contributed by atoms with van der Waals surface area (Å²) in [6, 6.07) is 13.7. The van der Waals surface area contributed by atoms with Crippen molar-refractivity contribution in [3.05, 3.63) is 54.1 Å². The number of carbonyl (C=O) groups is 2. The Labute approximate surface area is 122 Å². The van der Waals surface area contributed by atoms with Crippen LogP contribution < -0.4 is 10.1 Å². The highest BCUT2D eigenvalue weighted by Gasteiger charge is 2.05. The third kappa shape index (κ3) is 4.07. The number of nitrogens with one attached hydrogen (secondary N) is 1. The maximum Gasteiger partial charge on any atom is 0.337 e. The molecule has 0 saturated heterocycles. The Morgan fingerprint density at radius 1 is 1.00 bits per heavy atom. The molecule has 0 aliphatic rings. The molecule has 2 rings (SSSR count). The summed E-state index contributed by atoms with van der Waals surface area (Å²) in [6.45, 7) is 1.44. The molecule has 108 valence electrons. The predicted molar refractivity (Wildman–Crippen MR) is 78.6 cm³/mol. The first-order valence-electron chi connectivity index (χ1n) is 6.32. The molecule has 0 fully saturated rings. The van der Waals surface area contributed by atoms with E-state index < -0.39 is 5.97 Å². The standard InChI is InChI=1S/C16H15NO4/c1-11(18)17-13-4-3-5-15(10-13)21-14-8-6-12(7-9-14)16(19)20-2/h3-10H,1-2H3,(H,17,18). The topological polar surface area (TPSA) is 64.6 Å². The molecule has 0 heterocycles. The Hall–Kier alpha value is -2.82. The quantitative estimate of drug-likeness (QED) is 0.876. The van der Waals surface area contributed by atoms with Gasteiger partial charge >= 0.3 is 5.97 Å². The van der Waals surface area contributed by atoms with Gasteiger partial charge in [-0.05, 0) is 36.4 Å². The second-order valence-corrected chi connectivity index (χ2v) is 4.33. The molecule has 0 spiro atoms. The third-order valence-corrected chi connectivity index (χ3v) is 2.67. The van der Waals surface area contributed by atoms with Crippen molar-refractivity contribution >= 4 is 17.6 Å². The minimum absolute atomic E-state index is 0.144. The van der Waals surface area contributed by atoms with Crippen LogP contribution in [0.5, 0.6) is 11.5 Å². The summed E-state index contributed by atoms with van der Waals surface area (Å²) < 4.78 is 10.3. The molecule has 2 aromatic rings. The summed E-state index contributed by atoms with van der Waals surface area (Å²) in [7, 11) is 1.33. The summed E-state index contributed by atoms with van der Waals surface area (Å²) in [5, 5.41) is 2.68. The average molecular weight is 285 g/mol. The molecule has 1 N–H and O–H groups in total. The fourth-order valence-electron chi connectivity index (χ4n) is 1.75. The third-order valence-electron chi connectivity index (χ3n) is 2.67. The lowest BCUT2D eigenvalue weighted by molar-refractivity contribution is -0.114. The van der Waals surface area contributed by atoms with E-state index in [1.165, 1.54) is 14.0 Å². The molecule has 2 aromatic carbocycles. The SMILES string of the molecule is COC(=O)c1ccc(Oc2cccc(NC(C)=O)c2)cc1. The van der Waals surface area contributed by atoms with Crippen molar-refractivity contribution in [2.75, 3.05) is 12.4 Å². The van der Waals surface area contributed by atoms with Gasteiger partial charge in [-0.1, -0.05) is 6.07 Å². The van der Waals surface area contributed by atoms with Crippen LogP contribution in [0.3, 0.4) is 0 Å². The molecule has 0 saturated carbocycles. The van der Waals surface area contributed by atoms with Gasteiger partial charge in [0, 0.05) is 18.7 Å². The summed E-state index contributed by atoms with van der Waals surface area (Å²) in [6.07, 6.45) is 0. The summed E-state index contributed by atoms with van der Waals surface area (Å²) in [5.41, 5.74) is 1.11. The van der Waals surface area contributed by atoms with E-state index in [9.17, 15) is 9.59 Å². The Morgan fingerprint density at radius 3 is 2.33 bits per heavy atom. The van der Waals surface area contributed by atoms with Crippen molar-refractivity contribution in [1.82, 2.24) is 0 Å². The van der Waals surface area contributed by atoms with Crippen molar-refractivity contribution in [2.24, 2.45) is 0 Å². The van der Waals surface area contributed by atoms with Crippen LogP contribution in [-0.4, -0.2) is 19.0 Å². The first kappa shape index (κ1) is 14.6. The van der Waals surface area contributed by atoms with Crippen LogP contribution in [0.1, 0.15) is 17.3 Å². The van der Waals surface area contributed by atoms with Crippen LogP contribution in [0.15, 0.2) is 48.5 Å². The number of amides is 1. The Morgan fingerprint density at radius 2 is 1.71 bits per heavy atom. The lowest BCUT2D eigenvalue weighted by Gasteiger charge is -2.08. The van der Waals surface area contributed by atoms with E-state index in [0.717, 1.165) is 0 Å². The molecule has 0 unspecified atom stereocenters. The first-order chi connectivity index (χ1) is 10.1. The zero-order valence-corrected chi connectivity index (χ0v) is 11.8. The van der Waals surface area contributed by atoms with Crippen molar-refractivity contribution < 1.29 is 19.1 Å². The van der Waals surface area contributed by atoms with E-state index in [4.69, 9.17) is 4.74 Å². The minimum atomic E-state index is -0.394. The highest BCUT2D eigenvalue weighted by molar-refractivity contribution is 5.89. The molecule has 0 aliphatic heterocycles. The number of anilines is 1. The normalized spacial score (nSPS) is 9.81. The number of esters is 1. The van der Waals surface area contributed by atoms with E-state index in [1.807, 2.05) is 0 Å². The first-order valence-corrected chi connectivity index (χ1v) is 6.32. The molecule has 21 heavy (non-hydrogen) atoms. The number of hydrogen-bond acceptors (Lipinski definition) is 4. The Kier molecular flexibility index (Phi) is 4.56. The minimum Gasteiger partial charge on any atom is -0.465 e. The summed E-state index contributed by atoms with van der Waals surface area (Å²) in [4.78, 5) is 22.3. The fourth-order valence-corrected chi connectivity index (χ4v) is 1.75. The molecule has 0 aromatic heterocycles. The number of ether oxygens (including phenoxy) is 2. The average Bonchev–Trinajstić information content (AvgIpc) is 2.47. The molecule has 0 bridgehead atoms. The number of rotatable bonds is 4. The smallest absolute Gasteiger partial charge is 0.337 e. The van der Waals surface area contributed by atoms with Crippen molar-refractivity contribution in [1.29, 1.82) is 0 Å². The van der Waals surface area contributed by atoms with E-state index in [-0.39, 0.29) is 5.91 Å². The fraction of sp³-hybridized carbons (Fsp3) is 0.125. The maximum absolute atomic E-state index is 11.3.